The third kappa shape index (κ3) is 9.06. The first-order valence-electron chi connectivity index (χ1n) is 8.21. The molecular formula is C14H29Cl2N9O3. The number of amides is 4. The Labute approximate surface area is 175 Å². The number of likely N-dealkylation sites (N-methyl/N-ethyl adjacent to an activating group) is 1. The Kier molecular flexibility index (Phi) is 12.9. The minimum Gasteiger partial charge on any atom is -1.00 e. The van der Waals surface area contributed by atoms with E-state index in [2.05, 4.69) is 21.4 Å². The molecule has 12 nitrogen and oxygen atoms in total. The van der Waals surface area contributed by atoms with E-state index >= 15 is 0 Å². The molecule has 0 aromatic rings. The van der Waals surface area contributed by atoms with Gasteiger partial charge >= 0.3 is 12.0 Å². The molecule has 162 valence electrons. The monoisotopic (exact) mass is 441 g/mol. The van der Waals surface area contributed by atoms with Crippen LogP contribution in [0.15, 0.2) is 4.99 Å². The van der Waals surface area contributed by atoms with Crippen LogP contribution >= 0.6 is 0 Å². The van der Waals surface area contributed by atoms with Gasteiger partial charge in [-0.15, -0.1) is 0 Å². The first kappa shape index (κ1) is 27.9. The van der Waals surface area contributed by atoms with Crippen LogP contribution in [0.3, 0.4) is 0 Å². The molecule has 11 N–H and O–H groups in total. The Bertz CT molecular complexity index is 623. The van der Waals surface area contributed by atoms with Crippen molar-refractivity contribution in [2.45, 2.75) is 31.3 Å². The van der Waals surface area contributed by atoms with Crippen LogP contribution in [0.4, 0.5) is 4.79 Å². The molecule has 0 saturated heterocycles. The fourth-order valence-electron chi connectivity index (χ4n) is 2.40. The van der Waals surface area contributed by atoms with Crippen molar-refractivity contribution in [1.29, 1.82) is 0 Å². The summed E-state index contributed by atoms with van der Waals surface area (Å²) in [5.41, 5.74) is 19.9. The predicted octanol–water partition coefficient (Wildman–Crippen LogP) is -10.3. The first-order chi connectivity index (χ1) is 12.1. The number of aliphatic imine (C=N–C) groups is 1. The van der Waals surface area contributed by atoms with Crippen LogP contribution in [0.2, 0.25) is 0 Å². The summed E-state index contributed by atoms with van der Waals surface area (Å²) in [5.74, 6) is -0.411. The average Bonchev–Trinajstić information content (AvgIpc) is 2.53. The summed E-state index contributed by atoms with van der Waals surface area (Å²) >= 11 is 0. The molecule has 0 spiro atoms. The van der Waals surface area contributed by atoms with Crippen molar-refractivity contribution in [1.82, 2.24) is 15.5 Å². The summed E-state index contributed by atoms with van der Waals surface area (Å²) in [7, 11) is 3.33. The largest absolute Gasteiger partial charge is 1.00 e. The molecule has 0 bridgehead atoms. The van der Waals surface area contributed by atoms with Crippen LogP contribution in [0.25, 0.3) is 0 Å². The van der Waals surface area contributed by atoms with Gasteiger partial charge in [0.25, 0.3) is 5.91 Å². The number of guanidine groups is 2. The van der Waals surface area contributed by atoms with Crippen molar-refractivity contribution in [3.05, 3.63) is 0 Å². The number of carbonyl (C=O) groups excluding carboxylic acids is 3. The first-order valence-corrected chi connectivity index (χ1v) is 8.21. The lowest BCUT2D eigenvalue weighted by Gasteiger charge is -2.29. The number of urea groups is 1. The maximum atomic E-state index is 12.4. The van der Waals surface area contributed by atoms with Crippen molar-refractivity contribution in [2.24, 2.45) is 22.2 Å². The number of hydrogen-bond acceptors (Lipinski definition) is 4. The highest BCUT2D eigenvalue weighted by Crippen LogP contribution is 2.07. The summed E-state index contributed by atoms with van der Waals surface area (Å²) in [6, 6.07) is -1.67. The van der Waals surface area contributed by atoms with Crippen molar-refractivity contribution < 1.29 is 49.5 Å². The van der Waals surface area contributed by atoms with E-state index in [1.54, 1.807) is 18.7 Å². The maximum absolute atomic E-state index is 12.4. The van der Waals surface area contributed by atoms with Gasteiger partial charge < -0.3 is 41.2 Å². The Balaban J connectivity index is 0. The average molecular weight is 442 g/mol. The van der Waals surface area contributed by atoms with Gasteiger partial charge in [0.1, 0.15) is 6.04 Å². The molecule has 1 unspecified atom stereocenters. The van der Waals surface area contributed by atoms with E-state index in [-0.39, 0.29) is 61.6 Å². The number of quaternary nitrogens is 1. The normalized spacial score (nSPS) is 16.3. The lowest BCUT2D eigenvalue weighted by atomic mass is 10.1. The van der Waals surface area contributed by atoms with E-state index in [9.17, 15) is 14.4 Å². The lowest BCUT2D eigenvalue weighted by Crippen LogP contribution is -3.00. The molecule has 0 fully saturated rings. The number of nitrogens with two attached hydrogens (primary N) is 3. The molecule has 0 radical (unpaired) electrons. The molecule has 0 aromatic carbocycles. The van der Waals surface area contributed by atoms with Gasteiger partial charge in [-0.25, -0.2) is 9.79 Å². The molecule has 1 rings (SSSR count). The molecule has 1 heterocycles. The van der Waals surface area contributed by atoms with Crippen molar-refractivity contribution in [2.75, 3.05) is 27.2 Å². The SMILES string of the molecule is CN(C(=O)C[C@@H]([NH3+])CCC[N+](C)=C(N)N)C1CN=C(NC(N)=O)NC1=O.[Cl-].[Cl-]. The fourth-order valence-corrected chi connectivity index (χ4v) is 2.40. The third-order valence-corrected chi connectivity index (χ3v) is 4.08. The molecule has 4 amide bonds. The molecule has 1 aliphatic rings. The van der Waals surface area contributed by atoms with E-state index in [0.717, 1.165) is 12.8 Å². The van der Waals surface area contributed by atoms with Gasteiger partial charge in [-0.05, 0) is 6.42 Å². The third-order valence-electron chi connectivity index (χ3n) is 4.08. The quantitative estimate of drug-likeness (QED) is 0.129. The fraction of sp³-hybridized carbons (Fsp3) is 0.643. The number of hydrogen-bond donors (Lipinski definition) is 6. The summed E-state index contributed by atoms with van der Waals surface area (Å²) in [6.45, 7) is 0.718. The van der Waals surface area contributed by atoms with E-state index in [1.165, 1.54) is 4.90 Å². The van der Waals surface area contributed by atoms with E-state index in [0.29, 0.717) is 6.54 Å². The predicted molar refractivity (Wildman–Crippen MR) is 94.7 cm³/mol. The molecule has 2 atom stereocenters. The van der Waals surface area contributed by atoms with Crippen LogP contribution in [-0.4, -0.2) is 78.5 Å². The second kappa shape index (κ2) is 13.0. The van der Waals surface area contributed by atoms with Gasteiger partial charge in [-0.1, -0.05) is 0 Å². The summed E-state index contributed by atoms with van der Waals surface area (Å²) < 4.78 is 1.72. The molecule has 1 aliphatic heterocycles. The van der Waals surface area contributed by atoms with Gasteiger partial charge in [0.15, 0.2) is 0 Å². The summed E-state index contributed by atoms with van der Waals surface area (Å²) in [6.07, 6.45) is 1.72. The Morgan fingerprint density at radius 2 is 2.00 bits per heavy atom. The van der Waals surface area contributed by atoms with Gasteiger partial charge in [-0.2, -0.15) is 0 Å². The smallest absolute Gasteiger partial charge is 0.340 e. The number of primary amides is 1. The molecule has 0 aromatic heterocycles. The highest BCUT2D eigenvalue weighted by molar-refractivity contribution is 6.07. The van der Waals surface area contributed by atoms with Crippen LogP contribution in [0.5, 0.6) is 0 Å². The molecule has 14 heteroatoms. The zero-order valence-electron chi connectivity index (χ0n) is 16.0. The van der Waals surface area contributed by atoms with Crippen LogP contribution in [0.1, 0.15) is 19.3 Å². The minimum absolute atomic E-state index is 0. The number of carbonyl (C=O) groups is 3. The topological polar surface area (TPSA) is 200 Å². The Hall–Kier alpha value is -2.31. The zero-order valence-corrected chi connectivity index (χ0v) is 17.5. The Morgan fingerprint density at radius 3 is 2.50 bits per heavy atom. The molecule has 28 heavy (non-hydrogen) atoms. The summed E-state index contributed by atoms with van der Waals surface area (Å²) in [4.78, 5) is 40.6. The highest BCUT2D eigenvalue weighted by Gasteiger charge is 2.31. The van der Waals surface area contributed by atoms with E-state index in [1.807, 2.05) is 0 Å². The van der Waals surface area contributed by atoms with Crippen LogP contribution < -0.4 is 58.4 Å². The molecule has 0 saturated carbocycles. The van der Waals surface area contributed by atoms with Gasteiger partial charge in [0.2, 0.25) is 11.9 Å². The van der Waals surface area contributed by atoms with Crippen molar-refractivity contribution in [3.63, 3.8) is 0 Å². The van der Waals surface area contributed by atoms with Crippen LogP contribution in [0, 0.1) is 0 Å². The van der Waals surface area contributed by atoms with E-state index in [4.69, 9.17) is 17.2 Å². The van der Waals surface area contributed by atoms with Gasteiger partial charge in [0, 0.05) is 13.5 Å². The lowest BCUT2D eigenvalue weighted by molar-refractivity contribution is -0.502. The van der Waals surface area contributed by atoms with Crippen molar-refractivity contribution in [3.8, 4) is 0 Å². The molecule has 0 aliphatic carbocycles. The second-order valence-corrected chi connectivity index (χ2v) is 6.25. The number of rotatable bonds is 7. The van der Waals surface area contributed by atoms with Gasteiger partial charge in [0.05, 0.1) is 32.6 Å². The number of nitrogens with zero attached hydrogens (tertiary/aromatic N) is 3. The number of nitrogens with one attached hydrogen (secondary N) is 2. The van der Waals surface area contributed by atoms with Gasteiger partial charge in [-0.3, -0.25) is 36.3 Å². The maximum Gasteiger partial charge on any atom is 0.340 e. The molecular weight excluding hydrogens is 413 g/mol. The highest BCUT2D eigenvalue weighted by atomic mass is 35.5. The number of halogens is 2. The Morgan fingerprint density at radius 1 is 1.39 bits per heavy atom. The van der Waals surface area contributed by atoms with Crippen molar-refractivity contribution >= 4 is 29.8 Å². The second-order valence-electron chi connectivity index (χ2n) is 6.25. The standard InChI is InChI=1S/C14H27N9O3.2ClH/c1-22(12(16)17)5-3-4-8(15)6-10(24)23(2)9-7-19-14(20-11(9)25)21-13(18)26;;/h8-9H,3-7,15H2,1-2H3,(H7,16,17,18,19,20,21,25,26);2*1H/t8-,9?;;/m0../s1. The van der Waals surface area contributed by atoms with E-state index < -0.39 is 18.0 Å². The zero-order chi connectivity index (χ0) is 19.9. The van der Waals surface area contributed by atoms with Crippen LogP contribution in [-0.2, 0) is 9.59 Å². The minimum atomic E-state index is -0.827. The summed E-state index contributed by atoms with van der Waals surface area (Å²) in [5, 5.41) is 4.60.